The van der Waals surface area contributed by atoms with Gasteiger partial charge < -0.3 is 19.8 Å². The first-order valence-electron chi connectivity index (χ1n) is 6.75. The van der Waals surface area contributed by atoms with Gasteiger partial charge in [0, 0.05) is 30.7 Å². The number of aromatic nitrogens is 1. The maximum Gasteiger partial charge on any atom is 0.333 e. The Morgan fingerprint density at radius 1 is 1.17 bits per heavy atom. The summed E-state index contributed by atoms with van der Waals surface area (Å²) >= 11 is 0. The summed E-state index contributed by atoms with van der Waals surface area (Å²) in [4.78, 5) is 51.2. The molecule has 122 valence electrons. The fraction of sp³-hybridized carbons (Fsp3) is 0.286. The van der Waals surface area contributed by atoms with Crippen LogP contribution >= 0.6 is 0 Å². The number of hydrogen-bond donors (Lipinski definition) is 2. The Morgan fingerprint density at radius 3 is 2.26 bits per heavy atom. The summed E-state index contributed by atoms with van der Waals surface area (Å²) in [6.45, 7) is 0. The number of carbonyl (C=O) groups is 4. The molecule has 0 aromatic carbocycles. The molecule has 1 aromatic heterocycles. The van der Waals surface area contributed by atoms with Crippen molar-refractivity contribution in [3.05, 3.63) is 24.3 Å². The van der Waals surface area contributed by atoms with Crippen LogP contribution in [0.5, 0.6) is 11.8 Å². The lowest BCUT2D eigenvalue weighted by Crippen LogP contribution is -2.41. The van der Waals surface area contributed by atoms with Crippen LogP contribution in [-0.2, 0) is 19.2 Å². The number of imide groups is 1. The largest absolute Gasteiger partial charge is 0.492 e. The molecule has 0 spiro atoms. The number of nitrogens with zero attached hydrogens (tertiary/aromatic N) is 2. The number of amides is 2. The Morgan fingerprint density at radius 2 is 1.74 bits per heavy atom. The number of rotatable bonds is 7. The topological polar surface area (TPSA) is 126 Å². The number of aromatic hydroxyl groups is 2. The SMILES string of the molecule is O=CC(CCCC(=O)On1c(O)ccc1O)N1C(=O)C=CC1=O. The normalized spacial score (nSPS) is 15.0. The Kier molecular flexibility index (Phi) is 4.79. The number of carbonyl (C=O) groups excluding carboxylic acids is 4. The molecular weight excluding hydrogens is 308 g/mol. The molecule has 9 nitrogen and oxygen atoms in total. The minimum atomic E-state index is -0.953. The first kappa shape index (κ1) is 16.3. The monoisotopic (exact) mass is 322 g/mol. The standard InChI is InChI=1S/C14H14N2O7/c17-8-9(15-10(18)4-5-11(15)19)2-1-3-14(22)23-16-12(20)6-7-13(16)21/h4-9,20-21H,1-3H2. The van der Waals surface area contributed by atoms with E-state index in [1.54, 1.807) is 0 Å². The first-order chi connectivity index (χ1) is 10.9. The second-order valence-electron chi connectivity index (χ2n) is 4.78. The highest BCUT2D eigenvalue weighted by molar-refractivity contribution is 6.14. The molecular formula is C14H14N2O7. The van der Waals surface area contributed by atoms with E-state index >= 15 is 0 Å². The predicted octanol–water partition coefficient (Wildman–Crippen LogP) is -0.483. The Labute approximate surface area is 130 Å². The minimum absolute atomic E-state index is 0.0986. The Balaban J connectivity index is 1.84. The molecule has 0 radical (unpaired) electrons. The summed E-state index contributed by atoms with van der Waals surface area (Å²) < 4.78 is 0.553. The van der Waals surface area contributed by atoms with Gasteiger partial charge in [-0.2, -0.15) is 0 Å². The van der Waals surface area contributed by atoms with Gasteiger partial charge in [0.25, 0.3) is 11.8 Å². The molecule has 0 bridgehead atoms. The van der Waals surface area contributed by atoms with E-state index in [0.717, 1.165) is 29.2 Å². The maximum atomic E-state index is 11.6. The quantitative estimate of drug-likeness (QED) is 0.512. The molecule has 2 rings (SSSR count). The van der Waals surface area contributed by atoms with Crippen molar-refractivity contribution in [3.63, 3.8) is 0 Å². The van der Waals surface area contributed by atoms with Gasteiger partial charge in [0.2, 0.25) is 11.8 Å². The van der Waals surface area contributed by atoms with Gasteiger partial charge in [0.15, 0.2) is 0 Å². The average Bonchev–Trinajstić information content (AvgIpc) is 3.01. The molecule has 0 saturated heterocycles. The smallest absolute Gasteiger partial charge is 0.333 e. The summed E-state index contributed by atoms with van der Waals surface area (Å²) in [5.74, 6) is -2.79. The van der Waals surface area contributed by atoms with Gasteiger partial charge in [0.05, 0.1) is 6.04 Å². The van der Waals surface area contributed by atoms with E-state index in [9.17, 15) is 29.4 Å². The van der Waals surface area contributed by atoms with E-state index in [-0.39, 0.29) is 19.3 Å². The van der Waals surface area contributed by atoms with E-state index < -0.39 is 35.6 Å². The van der Waals surface area contributed by atoms with Crippen LogP contribution in [0.2, 0.25) is 0 Å². The average molecular weight is 322 g/mol. The van der Waals surface area contributed by atoms with Crippen molar-refractivity contribution in [1.82, 2.24) is 9.63 Å². The predicted molar refractivity (Wildman–Crippen MR) is 74.0 cm³/mol. The highest BCUT2D eigenvalue weighted by atomic mass is 16.7. The third-order valence-corrected chi connectivity index (χ3v) is 3.20. The summed E-state index contributed by atoms with van der Waals surface area (Å²) in [5, 5.41) is 18.6. The van der Waals surface area contributed by atoms with Crippen molar-refractivity contribution in [2.75, 3.05) is 0 Å². The molecule has 1 aliphatic heterocycles. The lowest BCUT2D eigenvalue weighted by molar-refractivity contribution is -0.145. The zero-order valence-corrected chi connectivity index (χ0v) is 11.9. The summed E-state index contributed by atoms with van der Waals surface area (Å²) in [6, 6.07) is 1.33. The van der Waals surface area contributed by atoms with E-state index in [2.05, 4.69) is 0 Å². The molecule has 0 aliphatic carbocycles. The lowest BCUT2D eigenvalue weighted by Gasteiger charge is -2.20. The van der Waals surface area contributed by atoms with E-state index in [1.807, 2.05) is 0 Å². The zero-order valence-electron chi connectivity index (χ0n) is 11.9. The van der Waals surface area contributed by atoms with Crippen LogP contribution < -0.4 is 4.84 Å². The van der Waals surface area contributed by atoms with E-state index in [1.165, 1.54) is 0 Å². The second-order valence-corrected chi connectivity index (χ2v) is 4.78. The minimum Gasteiger partial charge on any atom is -0.492 e. The van der Waals surface area contributed by atoms with Crippen LogP contribution in [-0.4, -0.2) is 50.0 Å². The fourth-order valence-electron chi connectivity index (χ4n) is 2.10. The second kappa shape index (κ2) is 6.77. The summed E-state index contributed by atoms with van der Waals surface area (Å²) in [6.07, 6.45) is 2.75. The van der Waals surface area contributed by atoms with Crippen LogP contribution in [0, 0.1) is 0 Å². The molecule has 9 heteroatoms. The van der Waals surface area contributed by atoms with Crippen molar-refractivity contribution in [3.8, 4) is 11.8 Å². The summed E-state index contributed by atoms with van der Waals surface area (Å²) in [5.41, 5.74) is 0. The van der Waals surface area contributed by atoms with Gasteiger partial charge in [-0.15, -0.1) is 4.73 Å². The lowest BCUT2D eigenvalue weighted by atomic mass is 10.1. The van der Waals surface area contributed by atoms with Gasteiger partial charge in [-0.25, -0.2) is 4.79 Å². The highest BCUT2D eigenvalue weighted by Gasteiger charge is 2.30. The van der Waals surface area contributed by atoms with Crippen molar-refractivity contribution >= 4 is 24.1 Å². The van der Waals surface area contributed by atoms with E-state index in [0.29, 0.717) is 11.0 Å². The molecule has 0 saturated carbocycles. The fourth-order valence-corrected chi connectivity index (χ4v) is 2.10. The molecule has 2 amide bonds. The van der Waals surface area contributed by atoms with Crippen LogP contribution in [0.25, 0.3) is 0 Å². The van der Waals surface area contributed by atoms with Crippen molar-refractivity contribution in [2.45, 2.75) is 25.3 Å². The van der Waals surface area contributed by atoms with Crippen LogP contribution in [0.1, 0.15) is 19.3 Å². The molecule has 0 fully saturated rings. The van der Waals surface area contributed by atoms with Crippen LogP contribution in [0.4, 0.5) is 0 Å². The van der Waals surface area contributed by atoms with Crippen molar-refractivity contribution in [2.24, 2.45) is 0 Å². The van der Waals surface area contributed by atoms with Gasteiger partial charge in [-0.1, -0.05) is 0 Å². The van der Waals surface area contributed by atoms with E-state index in [4.69, 9.17) is 4.84 Å². The van der Waals surface area contributed by atoms with Crippen LogP contribution in [0.3, 0.4) is 0 Å². The molecule has 1 atom stereocenters. The maximum absolute atomic E-state index is 11.6. The number of aldehydes is 1. The van der Waals surface area contributed by atoms with Gasteiger partial charge in [-0.05, 0) is 12.8 Å². The van der Waals surface area contributed by atoms with Gasteiger partial charge in [-0.3, -0.25) is 14.5 Å². The molecule has 1 aromatic rings. The third-order valence-electron chi connectivity index (χ3n) is 3.20. The highest BCUT2D eigenvalue weighted by Crippen LogP contribution is 2.19. The van der Waals surface area contributed by atoms with Crippen molar-refractivity contribution in [1.29, 1.82) is 0 Å². The van der Waals surface area contributed by atoms with Crippen LogP contribution in [0.15, 0.2) is 24.3 Å². The zero-order chi connectivity index (χ0) is 17.0. The van der Waals surface area contributed by atoms with Gasteiger partial charge in [0.1, 0.15) is 6.29 Å². The molecule has 1 unspecified atom stereocenters. The molecule has 23 heavy (non-hydrogen) atoms. The molecule has 1 aliphatic rings. The Hall–Kier alpha value is -3.10. The first-order valence-corrected chi connectivity index (χ1v) is 6.75. The van der Waals surface area contributed by atoms with Gasteiger partial charge >= 0.3 is 5.97 Å². The Bertz CT molecular complexity index is 639. The number of hydrogen-bond acceptors (Lipinski definition) is 7. The van der Waals surface area contributed by atoms with Crippen molar-refractivity contribution < 1.29 is 34.2 Å². The molecule has 2 N–H and O–H groups in total. The molecule has 2 heterocycles. The summed E-state index contributed by atoms with van der Waals surface area (Å²) in [7, 11) is 0. The third kappa shape index (κ3) is 3.57.